The van der Waals surface area contributed by atoms with E-state index in [1.54, 1.807) is 0 Å². The van der Waals surface area contributed by atoms with Gasteiger partial charge in [-0.1, -0.05) is 70.7 Å². The zero-order valence-electron chi connectivity index (χ0n) is 27.8. The summed E-state index contributed by atoms with van der Waals surface area (Å²) in [7, 11) is 2.56. The van der Waals surface area contributed by atoms with E-state index in [1.807, 2.05) is 0 Å². The number of allylic oxidation sites excluding steroid dienone is 2. The number of ether oxygens (including phenoxy) is 4. The summed E-state index contributed by atoms with van der Waals surface area (Å²) in [5, 5.41) is 4.32. The monoisotopic (exact) mass is 816 g/mol. The van der Waals surface area contributed by atoms with E-state index in [4.69, 9.17) is 76.8 Å². The Labute approximate surface area is 322 Å². The zero-order valence-corrected chi connectivity index (χ0v) is 30.8. The Bertz CT molecular complexity index is 1670. The van der Waals surface area contributed by atoms with Gasteiger partial charge in [-0.2, -0.15) is 0 Å². The molecule has 2 aromatic carbocycles. The Balaban J connectivity index is 2.07. The van der Waals surface area contributed by atoms with Crippen molar-refractivity contribution in [1.29, 1.82) is 0 Å². The summed E-state index contributed by atoms with van der Waals surface area (Å²) in [5.74, 6) is -7.02. The summed E-state index contributed by atoms with van der Waals surface area (Å²) in [6, 6.07) is 5.43. The zero-order chi connectivity index (χ0) is 39.8. The van der Waals surface area contributed by atoms with Crippen molar-refractivity contribution in [3.63, 3.8) is 0 Å². The van der Waals surface area contributed by atoms with E-state index < -0.39 is 88.2 Å². The molecule has 0 aromatic heterocycles. The fraction of sp³-hybridized carbons (Fsp3) is 0.273. The Kier molecular flexibility index (Phi) is 17.8. The van der Waals surface area contributed by atoms with Crippen molar-refractivity contribution in [1.82, 2.24) is 10.6 Å². The molecule has 0 heterocycles. The molecule has 0 aliphatic rings. The maximum Gasteiger partial charge on any atom is 0.334 e. The highest BCUT2D eigenvalue weighted by molar-refractivity contribution is 6.54. The number of ketones is 2. The first-order chi connectivity index (χ1) is 24.9. The van der Waals surface area contributed by atoms with E-state index in [-0.39, 0.29) is 23.0 Å². The highest BCUT2D eigenvalue weighted by Crippen LogP contribution is 2.30. The molecule has 0 unspecified atom stereocenters. The molecular weight excluding hydrogens is 786 g/mol. The second-order valence-corrected chi connectivity index (χ2v) is 12.7. The number of hydrogen-bond acceptors (Lipinski definition) is 12. The molecule has 2 rings (SSSR count). The van der Waals surface area contributed by atoms with Gasteiger partial charge in [0.2, 0.25) is 11.8 Å². The van der Waals surface area contributed by atoms with Crippen molar-refractivity contribution in [3.05, 3.63) is 59.7 Å². The van der Waals surface area contributed by atoms with E-state index in [2.05, 4.69) is 10.6 Å². The van der Waals surface area contributed by atoms with Crippen LogP contribution in [0.3, 0.4) is 0 Å². The molecular formula is C33H32Cl4N4O12. The van der Waals surface area contributed by atoms with Gasteiger partial charge >= 0.3 is 11.9 Å². The molecule has 0 saturated heterocycles. The molecule has 0 spiro atoms. The number of benzene rings is 2. The lowest BCUT2D eigenvalue weighted by molar-refractivity contribution is -0.140. The summed E-state index contributed by atoms with van der Waals surface area (Å²) in [6.45, 7) is 0. The first kappa shape index (κ1) is 44.0. The van der Waals surface area contributed by atoms with Crippen LogP contribution in [0.15, 0.2) is 48.6 Å². The Morgan fingerprint density at radius 3 is 1.28 bits per heavy atom. The first-order valence-electron chi connectivity index (χ1n) is 14.9. The second kappa shape index (κ2) is 21.4. The average molecular weight is 818 g/mol. The van der Waals surface area contributed by atoms with E-state index in [0.29, 0.717) is 11.1 Å². The van der Waals surface area contributed by atoms with Crippen LogP contribution in [-0.2, 0) is 38.4 Å². The molecule has 0 radical (unpaired) electrons. The van der Waals surface area contributed by atoms with E-state index in [1.165, 1.54) is 62.8 Å². The lowest BCUT2D eigenvalue weighted by Gasteiger charge is -2.17. The maximum absolute atomic E-state index is 12.7. The van der Waals surface area contributed by atoms with Gasteiger partial charge in [-0.05, 0) is 47.5 Å². The van der Waals surface area contributed by atoms with E-state index in [0.717, 1.165) is 12.2 Å². The van der Waals surface area contributed by atoms with E-state index in [9.17, 15) is 38.4 Å². The van der Waals surface area contributed by atoms with E-state index >= 15 is 0 Å². The number of hydrogen-bond donors (Lipinski definition) is 4. The van der Waals surface area contributed by atoms with Crippen LogP contribution in [0.25, 0.3) is 12.2 Å². The summed E-state index contributed by atoms with van der Waals surface area (Å²) in [4.78, 5) is 93.8. The highest BCUT2D eigenvalue weighted by Gasteiger charge is 2.29. The van der Waals surface area contributed by atoms with Gasteiger partial charge in [0.1, 0.15) is 12.1 Å². The molecule has 2 atom stereocenters. The summed E-state index contributed by atoms with van der Waals surface area (Å²) < 4.78 is 21.0. The number of carbonyl (C=O) groups is 8. The number of amides is 4. The third-order valence-corrected chi connectivity index (χ3v) is 7.27. The summed E-state index contributed by atoms with van der Waals surface area (Å²) in [5.41, 5.74) is 11.2. The Hall–Kier alpha value is -5.16. The van der Waals surface area contributed by atoms with Gasteiger partial charge in [-0.3, -0.25) is 28.8 Å². The van der Waals surface area contributed by atoms with Crippen LogP contribution >= 0.6 is 46.4 Å². The lowest BCUT2D eigenvalue weighted by atomic mass is 10.1. The van der Waals surface area contributed by atoms with Gasteiger partial charge in [0, 0.05) is 0 Å². The standard InChI is InChI=1S/C33H32Cl4N4O12/c1-50-24-11-16(5-9-22(24)52-32(48)20(14-26(38)44)40-30(46)28(34)35)3-7-18(42)13-19(43)8-4-17-6-10-23(25(12-17)51-2)53-33(49)21(15-27(39)45)41-31(47)29(36)37/h3-12,20-21,28-29H,13-15H2,1-2H3,(H2,38,44)(H2,39,45)(H,40,46)(H,41,47)/b7-3+,8-4+/t20-,21-/m0/s1. The topological polar surface area (TPSA) is 250 Å². The number of nitrogens with one attached hydrogen (secondary N) is 2. The minimum Gasteiger partial charge on any atom is -0.493 e. The van der Waals surface area contributed by atoms with Gasteiger partial charge in [-0.15, -0.1) is 0 Å². The first-order valence-corrected chi connectivity index (χ1v) is 16.6. The number of halogens is 4. The molecule has 6 N–H and O–H groups in total. The van der Waals surface area contributed by atoms with Crippen LogP contribution in [0.4, 0.5) is 0 Å². The lowest BCUT2D eigenvalue weighted by Crippen LogP contribution is -2.47. The number of primary amides is 2. The minimum absolute atomic E-state index is 0.0490. The summed E-state index contributed by atoms with van der Waals surface area (Å²) in [6.07, 6.45) is 3.39. The van der Waals surface area contributed by atoms with Gasteiger partial charge in [0.05, 0.1) is 33.5 Å². The predicted octanol–water partition coefficient (Wildman–Crippen LogP) is 2.10. The Morgan fingerprint density at radius 2 is 0.981 bits per heavy atom. The molecule has 0 aliphatic carbocycles. The summed E-state index contributed by atoms with van der Waals surface area (Å²) >= 11 is 22.0. The molecule has 2 aromatic rings. The van der Waals surface area contributed by atoms with Gasteiger partial charge in [0.15, 0.2) is 44.2 Å². The number of nitrogens with two attached hydrogens (primary N) is 2. The normalized spacial score (nSPS) is 12.2. The fourth-order valence-corrected chi connectivity index (χ4v) is 4.28. The van der Waals surface area contributed by atoms with Crippen molar-refractivity contribution >= 4 is 106 Å². The molecule has 0 aliphatic heterocycles. The van der Waals surface area contributed by atoms with Crippen molar-refractivity contribution in [2.24, 2.45) is 11.5 Å². The molecule has 16 nitrogen and oxygen atoms in total. The molecule has 284 valence electrons. The fourth-order valence-electron chi connectivity index (χ4n) is 4.03. The van der Waals surface area contributed by atoms with Crippen LogP contribution in [0.1, 0.15) is 30.4 Å². The van der Waals surface area contributed by atoms with Crippen LogP contribution in [-0.4, -0.2) is 83.1 Å². The van der Waals surface area contributed by atoms with Crippen LogP contribution in [0, 0.1) is 0 Å². The molecule has 0 saturated carbocycles. The highest BCUT2D eigenvalue weighted by atomic mass is 35.5. The molecule has 20 heteroatoms. The van der Waals surface area contributed by atoms with Gasteiger partial charge in [-0.25, -0.2) is 9.59 Å². The predicted molar refractivity (Wildman–Crippen MR) is 192 cm³/mol. The van der Waals surface area contributed by atoms with Crippen molar-refractivity contribution in [2.45, 2.75) is 41.0 Å². The largest absolute Gasteiger partial charge is 0.493 e. The number of esters is 2. The molecule has 53 heavy (non-hydrogen) atoms. The molecule has 0 bridgehead atoms. The Morgan fingerprint density at radius 1 is 0.623 bits per heavy atom. The number of rotatable bonds is 20. The van der Waals surface area contributed by atoms with Crippen molar-refractivity contribution < 1.29 is 57.3 Å². The third kappa shape index (κ3) is 15.2. The van der Waals surface area contributed by atoms with Gasteiger partial charge in [0.25, 0.3) is 11.8 Å². The SMILES string of the molecule is COc1cc(/C=C/C(=O)CC(=O)/C=C/c2ccc(OC(=O)[C@H](CC(N)=O)NC(=O)C(Cl)Cl)c(OC)c2)ccc1OC(=O)[C@H](CC(N)=O)NC(=O)C(Cl)Cl. The number of carbonyl (C=O) groups excluding carboxylic acids is 8. The van der Waals surface area contributed by atoms with Crippen molar-refractivity contribution in [2.75, 3.05) is 14.2 Å². The minimum atomic E-state index is -1.52. The van der Waals surface area contributed by atoms with Crippen LogP contribution in [0.2, 0.25) is 0 Å². The van der Waals surface area contributed by atoms with Crippen LogP contribution < -0.4 is 41.0 Å². The number of alkyl halides is 4. The second-order valence-electron chi connectivity index (χ2n) is 10.5. The third-order valence-electron chi connectivity index (χ3n) is 6.48. The van der Waals surface area contributed by atoms with Crippen LogP contribution in [0.5, 0.6) is 23.0 Å². The maximum atomic E-state index is 12.7. The number of methoxy groups -OCH3 is 2. The molecule has 0 fully saturated rings. The molecule has 4 amide bonds. The average Bonchev–Trinajstić information content (AvgIpc) is 3.09. The smallest absolute Gasteiger partial charge is 0.334 e. The van der Waals surface area contributed by atoms with Gasteiger partial charge < -0.3 is 41.0 Å². The van der Waals surface area contributed by atoms with Crippen molar-refractivity contribution in [3.8, 4) is 23.0 Å². The quantitative estimate of drug-likeness (QED) is 0.0493.